The minimum atomic E-state index is -3.95. The lowest BCUT2D eigenvalue weighted by Gasteiger charge is -2.23. The number of hydrogen-bond acceptors (Lipinski definition) is 7. The van der Waals surface area contributed by atoms with E-state index in [1.165, 1.54) is 19.2 Å². The zero-order valence-electron chi connectivity index (χ0n) is 17.8. The number of non-ortho nitro benzene ring substituents is 1. The highest BCUT2D eigenvalue weighted by molar-refractivity contribution is 7.92. The summed E-state index contributed by atoms with van der Waals surface area (Å²) in [6, 6.07) is 10.4. The smallest absolute Gasteiger partial charge is 0.271 e. The number of carbonyl (C=O) groups excluding carboxylic acids is 1. The van der Waals surface area contributed by atoms with E-state index >= 15 is 0 Å². The van der Waals surface area contributed by atoms with Crippen LogP contribution in [0.3, 0.4) is 0 Å². The number of nitrogens with zero attached hydrogens (tertiary/aromatic N) is 2. The van der Waals surface area contributed by atoms with Gasteiger partial charge >= 0.3 is 0 Å². The van der Waals surface area contributed by atoms with Crippen LogP contribution in [0.25, 0.3) is 0 Å². The third-order valence-electron chi connectivity index (χ3n) is 5.07. The van der Waals surface area contributed by atoms with Crippen molar-refractivity contribution in [2.75, 3.05) is 29.5 Å². The standard InChI is InChI=1S/C21H25N3O7S/c1-30-20-12-9-16(24(26)27)13-19(20)23(32(2,28)29)14-21(25)22-15-7-10-18(11-8-15)31-17-5-3-4-6-17/h7-13,17H,3-6,14H2,1-2H3,(H,22,25). The monoisotopic (exact) mass is 463 g/mol. The van der Waals surface area contributed by atoms with Crippen LogP contribution in [0.4, 0.5) is 17.1 Å². The topological polar surface area (TPSA) is 128 Å². The third kappa shape index (κ3) is 5.88. The number of anilines is 2. The van der Waals surface area contributed by atoms with Gasteiger partial charge in [-0.2, -0.15) is 0 Å². The number of carbonyl (C=O) groups is 1. The van der Waals surface area contributed by atoms with Crippen LogP contribution in [-0.4, -0.2) is 45.3 Å². The minimum absolute atomic E-state index is 0.0854. The van der Waals surface area contributed by atoms with Gasteiger partial charge in [0.05, 0.1) is 24.4 Å². The Balaban J connectivity index is 1.75. The number of amides is 1. The zero-order chi connectivity index (χ0) is 23.3. The summed E-state index contributed by atoms with van der Waals surface area (Å²) < 4.78 is 36.6. The first-order chi connectivity index (χ1) is 15.2. The van der Waals surface area contributed by atoms with Gasteiger partial charge in [-0.25, -0.2) is 8.42 Å². The average Bonchev–Trinajstić information content (AvgIpc) is 3.25. The molecule has 0 aliphatic heterocycles. The molecule has 172 valence electrons. The Hall–Kier alpha value is -3.34. The Kier molecular flexibility index (Phi) is 7.18. The molecule has 0 spiro atoms. The van der Waals surface area contributed by atoms with E-state index < -0.39 is 27.4 Å². The summed E-state index contributed by atoms with van der Waals surface area (Å²) in [5.41, 5.74) is 0.0422. The van der Waals surface area contributed by atoms with Crippen LogP contribution >= 0.6 is 0 Å². The Morgan fingerprint density at radius 1 is 1.19 bits per heavy atom. The SMILES string of the molecule is COc1ccc([N+](=O)[O-])cc1N(CC(=O)Nc1ccc(OC2CCCC2)cc1)S(C)(=O)=O. The summed E-state index contributed by atoms with van der Waals surface area (Å²) in [7, 11) is -2.64. The number of hydrogen-bond donors (Lipinski definition) is 1. The van der Waals surface area contributed by atoms with Crippen LogP contribution in [0, 0.1) is 10.1 Å². The first-order valence-corrected chi connectivity index (χ1v) is 11.9. The van der Waals surface area contributed by atoms with E-state index in [2.05, 4.69) is 5.32 Å². The summed E-state index contributed by atoms with van der Waals surface area (Å²) in [6.45, 7) is -0.587. The fraction of sp³-hybridized carbons (Fsp3) is 0.381. The van der Waals surface area contributed by atoms with E-state index in [4.69, 9.17) is 9.47 Å². The van der Waals surface area contributed by atoms with Gasteiger partial charge in [0, 0.05) is 17.8 Å². The molecular formula is C21H25N3O7S. The second-order valence-electron chi connectivity index (χ2n) is 7.48. The number of methoxy groups -OCH3 is 1. The molecule has 32 heavy (non-hydrogen) atoms. The van der Waals surface area contributed by atoms with Gasteiger partial charge in [0.15, 0.2) is 0 Å². The van der Waals surface area contributed by atoms with Gasteiger partial charge in [0.2, 0.25) is 15.9 Å². The van der Waals surface area contributed by atoms with Crippen molar-refractivity contribution in [3.05, 3.63) is 52.6 Å². The normalized spacial score (nSPS) is 14.1. The third-order valence-corrected chi connectivity index (χ3v) is 6.20. The van der Waals surface area contributed by atoms with Crippen LogP contribution in [0.1, 0.15) is 25.7 Å². The summed E-state index contributed by atoms with van der Waals surface area (Å²) >= 11 is 0. The molecule has 1 saturated carbocycles. The molecule has 1 N–H and O–H groups in total. The van der Waals surface area contributed by atoms with Crippen molar-refractivity contribution < 1.29 is 27.6 Å². The second-order valence-corrected chi connectivity index (χ2v) is 9.39. The van der Waals surface area contributed by atoms with Crippen LogP contribution < -0.4 is 19.1 Å². The number of nitro benzene ring substituents is 1. The Morgan fingerprint density at radius 2 is 1.84 bits per heavy atom. The summed E-state index contributed by atoms with van der Waals surface area (Å²) in [5.74, 6) is 0.171. The summed E-state index contributed by atoms with van der Waals surface area (Å²) in [4.78, 5) is 23.1. The number of benzene rings is 2. The lowest BCUT2D eigenvalue weighted by molar-refractivity contribution is -0.384. The van der Waals surface area contributed by atoms with E-state index in [1.807, 2.05) is 0 Å². The highest BCUT2D eigenvalue weighted by atomic mass is 32.2. The van der Waals surface area contributed by atoms with E-state index in [9.17, 15) is 23.3 Å². The molecule has 1 aliphatic rings. The minimum Gasteiger partial charge on any atom is -0.495 e. The molecule has 1 aliphatic carbocycles. The lowest BCUT2D eigenvalue weighted by atomic mass is 10.2. The Bertz CT molecular complexity index is 1080. The molecule has 0 aromatic heterocycles. The van der Waals surface area contributed by atoms with E-state index in [1.54, 1.807) is 24.3 Å². The van der Waals surface area contributed by atoms with Crippen molar-refractivity contribution in [3.63, 3.8) is 0 Å². The predicted octanol–water partition coefficient (Wildman–Crippen LogP) is 3.33. The van der Waals surface area contributed by atoms with Gasteiger partial charge in [0.1, 0.15) is 23.7 Å². The maximum absolute atomic E-state index is 12.6. The summed E-state index contributed by atoms with van der Waals surface area (Å²) in [6.07, 6.45) is 5.50. The van der Waals surface area contributed by atoms with Gasteiger partial charge in [-0.1, -0.05) is 0 Å². The molecule has 2 aromatic rings. The molecule has 0 heterocycles. The maximum atomic E-state index is 12.6. The first-order valence-electron chi connectivity index (χ1n) is 10.0. The molecule has 10 nitrogen and oxygen atoms in total. The molecule has 0 bridgehead atoms. The van der Waals surface area contributed by atoms with Gasteiger partial charge in [-0.05, 0) is 56.0 Å². The Labute approximate surface area is 186 Å². The molecule has 0 saturated heterocycles. The quantitative estimate of drug-likeness (QED) is 0.446. The first kappa shape index (κ1) is 23.3. The van der Waals surface area contributed by atoms with Crippen molar-refractivity contribution >= 4 is 33.0 Å². The van der Waals surface area contributed by atoms with Gasteiger partial charge in [-0.3, -0.25) is 19.2 Å². The molecule has 1 amide bonds. The highest BCUT2D eigenvalue weighted by Crippen LogP contribution is 2.33. The largest absolute Gasteiger partial charge is 0.495 e. The van der Waals surface area contributed by atoms with Crippen LogP contribution in [0.5, 0.6) is 11.5 Å². The van der Waals surface area contributed by atoms with E-state index in [0.717, 1.165) is 42.3 Å². The van der Waals surface area contributed by atoms with Gasteiger partial charge in [0.25, 0.3) is 5.69 Å². The molecule has 0 unspecified atom stereocenters. The molecule has 2 aromatic carbocycles. The van der Waals surface area contributed by atoms with E-state index in [-0.39, 0.29) is 23.2 Å². The van der Waals surface area contributed by atoms with E-state index in [0.29, 0.717) is 11.4 Å². The second kappa shape index (κ2) is 9.86. The molecule has 0 radical (unpaired) electrons. The number of ether oxygens (including phenoxy) is 2. The molecule has 11 heteroatoms. The summed E-state index contributed by atoms with van der Waals surface area (Å²) in [5, 5.41) is 13.8. The number of nitrogens with one attached hydrogen (secondary N) is 1. The number of nitro groups is 1. The van der Waals surface area contributed by atoms with Crippen LogP contribution in [-0.2, 0) is 14.8 Å². The molecule has 3 rings (SSSR count). The fourth-order valence-electron chi connectivity index (χ4n) is 3.51. The van der Waals surface area contributed by atoms with Crippen molar-refractivity contribution in [3.8, 4) is 11.5 Å². The van der Waals surface area contributed by atoms with Gasteiger partial charge < -0.3 is 14.8 Å². The number of rotatable bonds is 9. The number of sulfonamides is 1. The van der Waals surface area contributed by atoms with Crippen LogP contribution in [0.15, 0.2) is 42.5 Å². The zero-order valence-corrected chi connectivity index (χ0v) is 18.6. The molecule has 0 atom stereocenters. The Morgan fingerprint density at radius 3 is 2.41 bits per heavy atom. The predicted molar refractivity (Wildman–Crippen MR) is 120 cm³/mol. The molecular weight excluding hydrogens is 438 g/mol. The van der Waals surface area contributed by atoms with Gasteiger partial charge in [-0.15, -0.1) is 0 Å². The van der Waals surface area contributed by atoms with Crippen LogP contribution in [0.2, 0.25) is 0 Å². The van der Waals surface area contributed by atoms with Crippen molar-refractivity contribution in [1.29, 1.82) is 0 Å². The van der Waals surface area contributed by atoms with Crippen molar-refractivity contribution in [2.45, 2.75) is 31.8 Å². The maximum Gasteiger partial charge on any atom is 0.271 e. The average molecular weight is 464 g/mol. The molecule has 1 fully saturated rings. The fourth-order valence-corrected chi connectivity index (χ4v) is 4.37. The van der Waals surface area contributed by atoms with Crippen molar-refractivity contribution in [2.24, 2.45) is 0 Å². The highest BCUT2D eigenvalue weighted by Gasteiger charge is 2.26. The lowest BCUT2D eigenvalue weighted by Crippen LogP contribution is -2.37. The van der Waals surface area contributed by atoms with Crippen molar-refractivity contribution in [1.82, 2.24) is 0 Å².